The largest absolute Gasteiger partial charge is 1.00 e. The molecule has 0 saturated heterocycles. The summed E-state index contributed by atoms with van der Waals surface area (Å²) in [4.78, 5) is 0. The Labute approximate surface area is 193 Å². The first-order valence-electron chi connectivity index (χ1n) is 9.17. The molecule has 0 aliphatic heterocycles. The maximum atomic E-state index is 6.27. The second-order valence-electron chi connectivity index (χ2n) is 6.45. The first kappa shape index (κ1) is 25.8. The second-order valence-corrected chi connectivity index (χ2v) is 6.45. The van der Waals surface area contributed by atoms with E-state index < -0.39 is 0 Å². The highest BCUT2D eigenvalue weighted by molar-refractivity contribution is 5.20. The van der Waals surface area contributed by atoms with Crippen LogP contribution in [-0.4, -0.2) is 19.2 Å². The summed E-state index contributed by atoms with van der Waals surface area (Å²) in [5, 5.41) is 2.42. The Morgan fingerprint density at radius 3 is 2.15 bits per heavy atom. The molecule has 2 N–H and O–H groups in total. The second kappa shape index (κ2) is 14.8. The van der Waals surface area contributed by atoms with Crippen molar-refractivity contribution < 1.29 is 62.6 Å². The van der Waals surface area contributed by atoms with Gasteiger partial charge in [-0.2, -0.15) is 0 Å². The average Bonchev–Trinajstić information content (AvgIpc) is 2.62. The van der Waals surface area contributed by atoms with Crippen LogP contribution in [-0.2, 0) is 18.2 Å². The molecule has 2 aromatic rings. The Kier molecular flexibility index (Phi) is 14.6. The van der Waals surface area contributed by atoms with Crippen LogP contribution < -0.4 is 57.8 Å². The highest BCUT2D eigenvalue weighted by Crippen LogP contribution is 2.21. The standard InChI is InChI=1S/C21H31N2O.2HI/c1-4-20(5-2)22-13-16-24-21(17-18-9-7-6-8-10-18)19-11-14-23(3)15-12-19;;/h6-12,14-15,20-22H,4-5,13,16-17H2,1-3H3;2*1H/q+1;;/p-1. The molecule has 1 unspecified atom stereocenters. The van der Waals surface area contributed by atoms with Gasteiger partial charge < -0.3 is 58.0 Å². The number of nitrogens with two attached hydrogens (primary N) is 1. The summed E-state index contributed by atoms with van der Waals surface area (Å²) in [7, 11) is 2.04. The lowest BCUT2D eigenvalue weighted by Gasteiger charge is -2.19. The predicted molar refractivity (Wildman–Crippen MR) is 97.6 cm³/mol. The topological polar surface area (TPSA) is 29.7 Å². The molecule has 1 aromatic carbocycles. The van der Waals surface area contributed by atoms with Crippen molar-refractivity contribution in [2.24, 2.45) is 7.05 Å². The number of quaternary nitrogens is 1. The van der Waals surface area contributed by atoms with E-state index in [0.717, 1.165) is 25.6 Å². The molecule has 0 aliphatic carbocycles. The van der Waals surface area contributed by atoms with Gasteiger partial charge in [0.25, 0.3) is 0 Å². The molecule has 146 valence electrons. The van der Waals surface area contributed by atoms with Crippen molar-refractivity contribution in [2.75, 3.05) is 13.2 Å². The van der Waals surface area contributed by atoms with Gasteiger partial charge in [-0.3, -0.25) is 0 Å². The zero-order valence-corrected chi connectivity index (χ0v) is 20.4. The van der Waals surface area contributed by atoms with E-state index in [9.17, 15) is 0 Å². The number of aryl methyl sites for hydroxylation is 1. The van der Waals surface area contributed by atoms with E-state index in [1.165, 1.54) is 24.0 Å². The van der Waals surface area contributed by atoms with E-state index in [0.29, 0.717) is 0 Å². The Balaban J connectivity index is 0.00000312. The molecule has 0 radical (unpaired) electrons. The molecule has 0 fully saturated rings. The number of pyridine rings is 1. The monoisotopic (exact) mass is 582 g/mol. The summed E-state index contributed by atoms with van der Waals surface area (Å²) >= 11 is 0. The van der Waals surface area contributed by atoms with Gasteiger partial charge in [-0.1, -0.05) is 44.2 Å². The Bertz CT molecular complexity index is 574. The normalized spacial score (nSPS) is 11.5. The first-order chi connectivity index (χ1) is 11.7. The molecule has 0 saturated carbocycles. The number of nitrogens with zero attached hydrogens (tertiary/aromatic N) is 1. The van der Waals surface area contributed by atoms with E-state index in [1.54, 1.807) is 0 Å². The van der Waals surface area contributed by atoms with Crippen molar-refractivity contribution in [3.63, 3.8) is 0 Å². The average molecular weight is 582 g/mol. The van der Waals surface area contributed by atoms with Gasteiger partial charge >= 0.3 is 0 Å². The molecule has 2 rings (SSSR count). The minimum atomic E-state index is 0. The molecule has 5 heteroatoms. The lowest BCUT2D eigenvalue weighted by molar-refractivity contribution is -0.691. The molecular formula is C21H32I2N2O. The van der Waals surface area contributed by atoms with Crippen LogP contribution in [0.15, 0.2) is 54.9 Å². The Morgan fingerprint density at radius 1 is 0.962 bits per heavy atom. The van der Waals surface area contributed by atoms with Crippen molar-refractivity contribution in [3.05, 3.63) is 66.0 Å². The number of hydrogen-bond donors (Lipinski definition) is 1. The summed E-state index contributed by atoms with van der Waals surface area (Å²) < 4.78 is 8.33. The zero-order valence-electron chi connectivity index (χ0n) is 16.1. The van der Waals surface area contributed by atoms with Gasteiger partial charge in [0, 0.05) is 18.6 Å². The fourth-order valence-corrected chi connectivity index (χ4v) is 2.96. The molecule has 1 atom stereocenters. The maximum absolute atomic E-state index is 6.27. The molecule has 3 nitrogen and oxygen atoms in total. The summed E-state index contributed by atoms with van der Waals surface area (Å²) in [5.41, 5.74) is 2.57. The van der Waals surface area contributed by atoms with Crippen LogP contribution >= 0.6 is 0 Å². The van der Waals surface area contributed by atoms with Gasteiger partial charge in [-0.25, -0.2) is 4.57 Å². The number of halogens is 2. The summed E-state index contributed by atoms with van der Waals surface area (Å²) in [6.45, 7) is 6.33. The predicted octanol–water partition coefficient (Wildman–Crippen LogP) is -3.43. The molecule has 0 bridgehead atoms. The molecule has 0 aliphatic rings. The van der Waals surface area contributed by atoms with Crippen molar-refractivity contribution in [2.45, 2.75) is 45.3 Å². The van der Waals surface area contributed by atoms with Crippen LogP contribution in [0.3, 0.4) is 0 Å². The quantitative estimate of drug-likeness (QED) is 0.177. The number of benzene rings is 1. The van der Waals surface area contributed by atoms with Crippen LogP contribution in [0, 0.1) is 0 Å². The van der Waals surface area contributed by atoms with E-state index in [2.05, 4.69) is 78.6 Å². The van der Waals surface area contributed by atoms with E-state index in [-0.39, 0.29) is 54.1 Å². The number of hydrogen-bond acceptors (Lipinski definition) is 1. The molecule has 26 heavy (non-hydrogen) atoms. The highest BCUT2D eigenvalue weighted by atomic mass is 127. The number of ether oxygens (including phenoxy) is 1. The summed E-state index contributed by atoms with van der Waals surface area (Å²) in [5.74, 6) is 0. The van der Waals surface area contributed by atoms with Crippen molar-refractivity contribution >= 4 is 0 Å². The van der Waals surface area contributed by atoms with Crippen LogP contribution in [0.4, 0.5) is 0 Å². The molecule has 1 heterocycles. The third kappa shape index (κ3) is 9.10. The van der Waals surface area contributed by atoms with Gasteiger partial charge in [0.15, 0.2) is 12.4 Å². The fourth-order valence-electron chi connectivity index (χ4n) is 2.96. The number of rotatable bonds is 10. The van der Waals surface area contributed by atoms with Crippen LogP contribution in [0.2, 0.25) is 0 Å². The van der Waals surface area contributed by atoms with Crippen molar-refractivity contribution in [3.8, 4) is 0 Å². The lowest BCUT2D eigenvalue weighted by Crippen LogP contribution is -3.00. The molecule has 0 amide bonds. The summed E-state index contributed by atoms with van der Waals surface area (Å²) in [6.07, 6.45) is 7.65. The summed E-state index contributed by atoms with van der Waals surface area (Å²) in [6, 6.07) is 15.7. The minimum absolute atomic E-state index is 0. The minimum Gasteiger partial charge on any atom is -1.00 e. The van der Waals surface area contributed by atoms with Crippen molar-refractivity contribution in [1.29, 1.82) is 0 Å². The Hall–Kier alpha value is -0.250. The van der Waals surface area contributed by atoms with E-state index in [4.69, 9.17) is 4.74 Å². The molecule has 1 aromatic heterocycles. The fraction of sp³-hybridized carbons (Fsp3) is 0.476. The van der Waals surface area contributed by atoms with Crippen molar-refractivity contribution in [1.82, 2.24) is 0 Å². The van der Waals surface area contributed by atoms with Crippen LogP contribution in [0.25, 0.3) is 0 Å². The Morgan fingerprint density at radius 2 is 1.58 bits per heavy atom. The van der Waals surface area contributed by atoms with E-state index >= 15 is 0 Å². The van der Waals surface area contributed by atoms with Gasteiger partial charge in [0.2, 0.25) is 0 Å². The lowest BCUT2D eigenvalue weighted by atomic mass is 10.0. The van der Waals surface area contributed by atoms with Gasteiger partial charge in [0.05, 0.1) is 25.3 Å². The molecular weight excluding hydrogens is 550 g/mol. The third-order valence-corrected chi connectivity index (χ3v) is 4.63. The van der Waals surface area contributed by atoms with Gasteiger partial charge in [0.1, 0.15) is 7.05 Å². The maximum Gasteiger partial charge on any atom is 0.168 e. The van der Waals surface area contributed by atoms with Gasteiger partial charge in [-0.15, -0.1) is 0 Å². The SMILES string of the molecule is CCC(CC)[NH2+]CCOC(Cc1ccccc1)c1cc[n+](C)cc1.[I-].[I-]. The zero-order chi connectivity index (χ0) is 17.2. The third-order valence-electron chi connectivity index (χ3n) is 4.63. The first-order valence-corrected chi connectivity index (χ1v) is 9.17. The molecule has 0 spiro atoms. The van der Waals surface area contributed by atoms with Crippen LogP contribution in [0.1, 0.15) is 43.9 Å². The van der Waals surface area contributed by atoms with Crippen LogP contribution in [0.5, 0.6) is 0 Å². The van der Waals surface area contributed by atoms with Gasteiger partial charge in [-0.05, 0) is 24.0 Å². The highest BCUT2D eigenvalue weighted by Gasteiger charge is 2.15. The smallest absolute Gasteiger partial charge is 0.168 e. The van der Waals surface area contributed by atoms with E-state index in [1.807, 2.05) is 7.05 Å². The number of aromatic nitrogens is 1.